The standard InChI is InChI=1S/C8H4F3NO2S/c9-8(10,11)7(5-2-1-3-15-5)12-4-6(13)14-7/h1-4H. The third-order valence-electron chi connectivity index (χ3n) is 1.84. The third-order valence-corrected chi connectivity index (χ3v) is 2.80. The Bertz CT molecular complexity index is 412. The number of hydrogen-bond donors (Lipinski definition) is 0. The van der Waals surface area contributed by atoms with Crippen molar-refractivity contribution < 1.29 is 22.7 Å². The molecule has 1 atom stereocenters. The van der Waals surface area contributed by atoms with E-state index in [0.29, 0.717) is 6.21 Å². The SMILES string of the molecule is O=C1C=NC(c2cccs2)(C(F)(F)F)O1. The number of hydrogen-bond acceptors (Lipinski definition) is 4. The molecule has 3 nitrogen and oxygen atoms in total. The molecule has 1 aliphatic rings. The van der Waals surface area contributed by atoms with E-state index in [4.69, 9.17) is 0 Å². The van der Waals surface area contributed by atoms with E-state index < -0.39 is 17.9 Å². The summed E-state index contributed by atoms with van der Waals surface area (Å²) in [7, 11) is 0. The smallest absolute Gasteiger partial charge is 0.418 e. The summed E-state index contributed by atoms with van der Waals surface area (Å²) in [6.45, 7) is 0. The number of nitrogens with zero attached hydrogens (tertiary/aromatic N) is 1. The Hall–Kier alpha value is -1.37. The molecule has 1 unspecified atom stereocenters. The van der Waals surface area contributed by atoms with Crippen molar-refractivity contribution in [2.45, 2.75) is 11.9 Å². The Kier molecular flexibility index (Phi) is 2.07. The highest BCUT2D eigenvalue weighted by Crippen LogP contribution is 2.46. The van der Waals surface area contributed by atoms with Crippen LogP contribution in [0.1, 0.15) is 4.88 Å². The average molecular weight is 235 g/mol. The molecule has 2 rings (SSSR count). The summed E-state index contributed by atoms with van der Waals surface area (Å²) in [6.07, 6.45) is -4.20. The van der Waals surface area contributed by atoms with Crippen LogP contribution in [-0.2, 0) is 15.3 Å². The number of thiophene rings is 1. The lowest BCUT2D eigenvalue weighted by atomic mass is 10.2. The molecule has 1 aliphatic heterocycles. The molecule has 2 heterocycles. The number of esters is 1. The lowest BCUT2D eigenvalue weighted by molar-refractivity contribution is -0.264. The van der Waals surface area contributed by atoms with Crippen LogP contribution in [0.15, 0.2) is 22.5 Å². The summed E-state index contributed by atoms with van der Waals surface area (Å²) in [6, 6.07) is 2.67. The largest absolute Gasteiger partial charge is 0.456 e. The van der Waals surface area contributed by atoms with Crippen LogP contribution in [0.3, 0.4) is 0 Å². The summed E-state index contributed by atoms with van der Waals surface area (Å²) < 4.78 is 42.6. The molecule has 0 spiro atoms. The van der Waals surface area contributed by atoms with Gasteiger partial charge < -0.3 is 4.74 Å². The van der Waals surface area contributed by atoms with Gasteiger partial charge in [0.1, 0.15) is 6.21 Å². The van der Waals surface area contributed by atoms with Gasteiger partial charge in [0.2, 0.25) is 0 Å². The maximum atomic E-state index is 12.8. The van der Waals surface area contributed by atoms with Crippen LogP contribution >= 0.6 is 11.3 Å². The van der Waals surface area contributed by atoms with Gasteiger partial charge in [-0.05, 0) is 11.4 Å². The Balaban J connectivity index is 2.52. The molecule has 1 aromatic rings. The van der Waals surface area contributed by atoms with Crippen molar-refractivity contribution in [1.29, 1.82) is 0 Å². The molecular weight excluding hydrogens is 231 g/mol. The fraction of sp³-hybridized carbons (Fsp3) is 0.250. The molecule has 0 aliphatic carbocycles. The summed E-state index contributed by atoms with van der Waals surface area (Å²) >= 11 is 0.837. The number of carbonyl (C=O) groups is 1. The van der Waals surface area contributed by atoms with Gasteiger partial charge in [0.05, 0.1) is 4.88 Å². The first-order valence-corrected chi connectivity index (χ1v) is 4.72. The highest BCUT2D eigenvalue weighted by molar-refractivity contribution is 7.10. The van der Waals surface area contributed by atoms with Crippen LogP contribution < -0.4 is 0 Å². The summed E-state index contributed by atoms with van der Waals surface area (Å²) in [4.78, 5) is 13.7. The Morgan fingerprint density at radius 2 is 2.20 bits per heavy atom. The molecule has 0 fully saturated rings. The quantitative estimate of drug-likeness (QED) is 0.699. The maximum absolute atomic E-state index is 12.8. The molecule has 15 heavy (non-hydrogen) atoms. The minimum atomic E-state index is -4.75. The molecule has 0 amide bonds. The monoisotopic (exact) mass is 235 g/mol. The van der Waals surface area contributed by atoms with E-state index in [1.165, 1.54) is 17.5 Å². The van der Waals surface area contributed by atoms with Crippen LogP contribution in [0.4, 0.5) is 13.2 Å². The van der Waals surface area contributed by atoms with Gasteiger partial charge in [0.15, 0.2) is 0 Å². The van der Waals surface area contributed by atoms with Crippen LogP contribution in [0, 0.1) is 0 Å². The van der Waals surface area contributed by atoms with E-state index in [2.05, 4.69) is 9.73 Å². The second kappa shape index (κ2) is 3.06. The molecular formula is C8H4F3NO2S. The summed E-state index contributed by atoms with van der Waals surface area (Å²) in [5.41, 5.74) is -2.84. The zero-order valence-electron chi connectivity index (χ0n) is 7.12. The van der Waals surface area contributed by atoms with E-state index in [-0.39, 0.29) is 4.88 Å². The fourth-order valence-electron chi connectivity index (χ4n) is 1.20. The lowest BCUT2D eigenvalue weighted by Gasteiger charge is -2.25. The van der Waals surface area contributed by atoms with Gasteiger partial charge in [0.25, 0.3) is 0 Å². The van der Waals surface area contributed by atoms with Crippen LogP contribution in [0.2, 0.25) is 0 Å². The maximum Gasteiger partial charge on any atom is 0.456 e. The van der Waals surface area contributed by atoms with Gasteiger partial charge in [-0.1, -0.05) is 6.07 Å². The van der Waals surface area contributed by atoms with E-state index in [0.717, 1.165) is 11.3 Å². The third kappa shape index (κ3) is 1.43. The number of alkyl halides is 3. The molecule has 0 aromatic carbocycles. The predicted molar refractivity (Wildman–Crippen MR) is 46.6 cm³/mol. The zero-order chi connectivity index (χ0) is 11.1. The van der Waals surface area contributed by atoms with Crippen molar-refractivity contribution in [1.82, 2.24) is 0 Å². The second-order valence-corrected chi connectivity index (χ2v) is 3.75. The fourth-order valence-corrected chi connectivity index (χ4v) is 2.03. The van der Waals surface area contributed by atoms with Gasteiger partial charge in [-0.3, -0.25) is 0 Å². The minimum Gasteiger partial charge on any atom is -0.418 e. The van der Waals surface area contributed by atoms with E-state index >= 15 is 0 Å². The van der Waals surface area contributed by atoms with Crippen molar-refractivity contribution in [2.75, 3.05) is 0 Å². The number of aliphatic imine (C=N–C) groups is 1. The van der Waals surface area contributed by atoms with E-state index in [1.807, 2.05) is 0 Å². The first-order valence-electron chi connectivity index (χ1n) is 3.84. The Morgan fingerprint density at radius 3 is 2.60 bits per heavy atom. The lowest BCUT2D eigenvalue weighted by Crippen LogP contribution is -2.40. The molecule has 1 aromatic heterocycles. The first-order chi connectivity index (χ1) is 6.96. The molecule has 7 heteroatoms. The second-order valence-electron chi connectivity index (χ2n) is 2.80. The average Bonchev–Trinajstić information content (AvgIpc) is 2.69. The van der Waals surface area contributed by atoms with Crippen molar-refractivity contribution in [2.24, 2.45) is 4.99 Å². The Labute approximate surface area is 86.2 Å². The van der Waals surface area contributed by atoms with Gasteiger partial charge in [-0.2, -0.15) is 13.2 Å². The van der Waals surface area contributed by atoms with Crippen molar-refractivity contribution in [3.63, 3.8) is 0 Å². The predicted octanol–water partition coefficient (Wildman–Crippen LogP) is 2.09. The molecule has 80 valence electrons. The highest BCUT2D eigenvalue weighted by atomic mass is 32.1. The molecule has 0 saturated carbocycles. The molecule has 0 radical (unpaired) electrons. The van der Waals surface area contributed by atoms with Crippen LogP contribution in [-0.4, -0.2) is 18.4 Å². The van der Waals surface area contributed by atoms with Crippen molar-refractivity contribution in [3.8, 4) is 0 Å². The van der Waals surface area contributed by atoms with Gasteiger partial charge in [0, 0.05) is 0 Å². The highest BCUT2D eigenvalue weighted by Gasteiger charge is 2.62. The van der Waals surface area contributed by atoms with E-state index in [1.54, 1.807) is 0 Å². The first kappa shape index (κ1) is 10.2. The molecule has 0 saturated heterocycles. The topological polar surface area (TPSA) is 38.7 Å². The number of cyclic esters (lactones) is 1. The number of halogens is 3. The minimum absolute atomic E-state index is 0.155. The van der Waals surface area contributed by atoms with Gasteiger partial charge >= 0.3 is 17.9 Å². The number of ether oxygens (including phenoxy) is 1. The molecule has 0 N–H and O–H groups in total. The van der Waals surface area contributed by atoms with Gasteiger partial charge in [-0.15, -0.1) is 11.3 Å². The normalized spacial score (nSPS) is 25.7. The Morgan fingerprint density at radius 1 is 1.47 bits per heavy atom. The van der Waals surface area contributed by atoms with Gasteiger partial charge in [-0.25, -0.2) is 9.79 Å². The summed E-state index contributed by atoms with van der Waals surface area (Å²) in [5, 5.41) is 1.46. The van der Waals surface area contributed by atoms with E-state index in [9.17, 15) is 18.0 Å². The van der Waals surface area contributed by atoms with Crippen LogP contribution in [0.25, 0.3) is 0 Å². The number of rotatable bonds is 1. The molecule has 0 bridgehead atoms. The van der Waals surface area contributed by atoms with Crippen LogP contribution in [0.5, 0.6) is 0 Å². The van der Waals surface area contributed by atoms with Crippen molar-refractivity contribution in [3.05, 3.63) is 22.4 Å². The zero-order valence-corrected chi connectivity index (χ0v) is 7.93. The summed E-state index contributed by atoms with van der Waals surface area (Å²) in [5.74, 6) is -1.08. The van der Waals surface area contributed by atoms with Crippen molar-refractivity contribution >= 4 is 23.5 Å². The number of carbonyl (C=O) groups excluding carboxylic acids is 1.